The SMILES string of the molecule is CN=C(NCCN1C(=O)C2C3C=CC(C3)C2C1=O)NCc1ccnc(N2CCCC2)c1.I. The van der Waals surface area contributed by atoms with Gasteiger partial charge >= 0.3 is 0 Å². The fourth-order valence-corrected chi connectivity index (χ4v) is 5.57. The van der Waals surface area contributed by atoms with Crippen molar-refractivity contribution >= 4 is 47.6 Å². The van der Waals surface area contributed by atoms with Crippen LogP contribution in [-0.4, -0.2) is 60.9 Å². The lowest BCUT2D eigenvalue weighted by molar-refractivity contribution is -0.140. The van der Waals surface area contributed by atoms with E-state index in [0.29, 0.717) is 25.6 Å². The number of rotatable bonds is 6. The van der Waals surface area contributed by atoms with Crippen LogP contribution in [0.5, 0.6) is 0 Å². The second-order valence-corrected chi connectivity index (χ2v) is 8.90. The van der Waals surface area contributed by atoms with Gasteiger partial charge in [-0.05, 0) is 48.8 Å². The molecule has 3 fully saturated rings. The molecule has 8 nitrogen and oxygen atoms in total. The maximum absolute atomic E-state index is 12.8. The van der Waals surface area contributed by atoms with Gasteiger partial charge in [-0.25, -0.2) is 4.98 Å². The first kappa shape index (κ1) is 23.0. The summed E-state index contributed by atoms with van der Waals surface area (Å²) in [5.74, 6) is 1.94. The number of hydrogen-bond acceptors (Lipinski definition) is 5. The molecule has 2 aliphatic heterocycles. The van der Waals surface area contributed by atoms with Gasteiger partial charge in [-0.1, -0.05) is 12.2 Å². The molecular formula is C23H31IN6O2. The summed E-state index contributed by atoms with van der Waals surface area (Å²) in [6.07, 6.45) is 9.51. The lowest BCUT2D eigenvalue weighted by Gasteiger charge is -2.19. The molecule has 2 aliphatic carbocycles. The molecule has 2 bridgehead atoms. The van der Waals surface area contributed by atoms with Crippen molar-refractivity contribution in [2.45, 2.75) is 25.8 Å². The molecule has 9 heteroatoms. The minimum Gasteiger partial charge on any atom is -0.357 e. The average Bonchev–Trinajstić information content (AvgIpc) is 3.58. The normalized spacial score (nSPS) is 28.3. The summed E-state index contributed by atoms with van der Waals surface area (Å²) in [7, 11) is 1.72. The molecule has 172 valence electrons. The number of nitrogens with zero attached hydrogens (tertiary/aromatic N) is 4. The Labute approximate surface area is 205 Å². The summed E-state index contributed by atoms with van der Waals surface area (Å²) in [5, 5.41) is 6.54. The van der Waals surface area contributed by atoms with Gasteiger partial charge < -0.3 is 15.5 Å². The minimum absolute atomic E-state index is 0. The minimum atomic E-state index is -0.128. The van der Waals surface area contributed by atoms with Crippen LogP contribution in [0.1, 0.15) is 24.8 Å². The standard InChI is InChI=1S/C23H30N6O2.HI/c1-24-23(27-14-15-6-7-25-18(12-15)28-9-2-3-10-28)26-8-11-29-21(30)19-16-4-5-17(13-16)20(19)22(29)31;/h4-7,12,16-17,19-20H,2-3,8-11,13-14H2,1H3,(H2,24,26,27);1H. The lowest BCUT2D eigenvalue weighted by Crippen LogP contribution is -2.43. The lowest BCUT2D eigenvalue weighted by atomic mass is 9.85. The molecule has 2 N–H and O–H groups in total. The molecule has 1 aromatic heterocycles. The van der Waals surface area contributed by atoms with Gasteiger partial charge in [-0.15, -0.1) is 24.0 Å². The number of halogens is 1. The molecule has 2 saturated heterocycles. The molecule has 4 unspecified atom stereocenters. The molecule has 5 rings (SSSR count). The molecule has 0 radical (unpaired) electrons. The van der Waals surface area contributed by atoms with E-state index < -0.39 is 0 Å². The van der Waals surface area contributed by atoms with E-state index in [0.717, 1.165) is 30.9 Å². The van der Waals surface area contributed by atoms with Crippen molar-refractivity contribution in [3.8, 4) is 0 Å². The van der Waals surface area contributed by atoms with Crippen molar-refractivity contribution < 1.29 is 9.59 Å². The number of amides is 2. The number of carbonyl (C=O) groups is 2. The number of aliphatic imine (C=N–C) groups is 1. The largest absolute Gasteiger partial charge is 0.357 e. The number of aromatic nitrogens is 1. The first-order chi connectivity index (χ1) is 15.2. The second kappa shape index (κ2) is 9.76. The number of carbonyl (C=O) groups excluding carboxylic acids is 2. The zero-order valence-electron chi connectivity index (χ0n) is 18.4. The summed E-state index contributed by atoms with van der Waals surface area (Å²) < 4.78 is 0. The topological polar surface area (TPSA) is 89.9 Å². The highest BCUT2D eigenvalue weighted by Crippen LogP contribution is 2.52. The van der Waals surface area contributed by atoms with Crippen molar-refractivity contribution in [3.05, 3.63) is 36.0 Å². The van der Waals surface area contributed by atoms with E-state index in [9.17, 15) is 9.59 Å². The summed E-state index contributed by atoms with van der Waals surface area (Å²) in [5.41, 5.74) is 1.14. The number of allylic oxidation sites excluding steroid dienone is 2. The van der Waals surface area contributed by atoms with Crippen LogP contribution in [-0.2, 0) is 16.1 Å². The van der Waals surface area contributed by atoms with E-state index in [1.165, 1.54) is 17.7 Å². The Balaban J connectivity index is 0.00000245. The maximum Gasteiger partial charge on any atom is 0.233 e. The van der Waals surface area contributed by atoms with E-state index in [4.69, 9.17) is 0 Å². The Hall–Kier alpha value is -2.17. The summed E-state index contributed by atoms with van der Waals surface area (Å²) in [6.45, 7) is 3.62. The number of anilines is 1. The van der Waals surface area contributed by atoms with Crippen molar-refractivity contribution in [1.29, 1.82) is 0 Å². The highest BCUT2D eigenvalue weighted by Gasteiger charge is 2.58. The van der Waals surface area contributed by atoms with E-state index >= 15 is 0 Å². The average molecular weight is 550 g/mol. The van der Waals surface area contributed by atoms with Gasteiger partial charge in [0, 0.05) is 46.0 Å². The van der Waals surface area contributed by atoms with Gasteiger partial charge in [0.25, 0.3) is 0 Å². The highest BCUT2D eigenvalue weighted by atomic mass is 127. The van der Waals surface area contributed by atoms with Gasteiger partial charge in [-0.3, -0.25) is 19.5 Å². The van der Waals surface area contributed by atoms with Gasteiger partial charge in [-0.2, -0.15) is 0 Å². The van der Waals surface area contributed by atoms with Crippen LogP contribution < -0.4 is 15.5 Å². The van der Waals surface area contributed by atoms with Crippen LogP contribution in [0, 0.1) is 23.7 Å². The van der Waals surface area contributed by atoms with Crippen LogP contribution in [0.2, 0.25) is 0 Å². The van der Waals surface area contributed by atoms with Crippen molar-refractivity contribution in [1.82, 2.24) is 20.5 Å². The first-order valence-corrected chi connectivity index (χ1v) is 11.3. The van der Waals surface area contributed by atoms with E-state index in [1.807, 2.05) is 12.3 Å². The molecule has 2 amide bonds. The molecule has 0 aromatic carbocycles. The van der Waals surface area contributed by atoms with Gasteiger partial charge in [0.2, 0.25) is 11.8 Å². The number of guanidine groups is 1. The summed E-state index contributed by atoms with van der Waals surface area (Å²) in [4.78, 5) is 38.1. The Bertz CT molecular complexity index is 899. The molecule has 3 heterocycles. The van der Waals surface area contributed by atoms with Crippen molar-refractivity contribution in [3.63, 3.8) is 0 Å². The van der Waals surface area contributed by atoms with Gasteiger partial charge in [0.1, 0.15) is 5.82 Å². The van der Waals surface area contributed by atoms with Crippen LogP contribution in [0.3, 0.4) is 0 Å². The molecule has 4 atom stereocenters. The third kappa shape index (κ3) is 4.23. The summed E-state index contributed by atoms with van der Waals surface area (Å²) >= 11 is 0. The Morgan fingerprint density at radius 1 is 1.12 bits per heavy atom. The van der Waals surface area contributed by atoms with Crippen LogP contribution in [0.4, 0.5) is 5.82 Å². The highest BCUT2D eigenvalue weighted by molar-refractivity contribution is 14.0. The van der Waals surface area contributed by atoms with Gasteiger partial charge in [0.15, 0.2) is 5.96 Å². The van der Waals surface area contributed by atoms with E-state index in [2.05, 4.69) is 43.7 Å². The summed E-state index contributed by atoms with van der Waals surface area (Å²) in [6, 6.07) is 4.12. The van der Waals surface area contributed by atoms with Crippen molar-refractivity contribution in [2.24, 2.45) is 28.7 Å². The fraction of sp³-hybridized carbons (Fsp3) is 0.565. The fourth-order valence-electron chi connectivity index (χ4n) is 5.57. The third-order valence-corrected chi connectivity index (χ3v) is 7.11. The molecule has 4 aliphatic rings. The van der Waals surface area contributed by atoms with Crippen LogP contribution in [0.15, 0.2) is 35.5 Å². The molecular weight excluding hydrogens is 519 g/mol. The number of hydrogen-bond donors (Lipinski definition) is 2. The number of likely N-dealkylation sites (tertiary alicyclic amines) is 1. The zero-order valence-corrected chi connectivity index (χ0v) is 20.7. The quantitative estimate of drug-likeness (QED) is 0.185. The number of pyridine rings is 1. The Kier molecular flexibility index (Phi) is 7.02. The number of nitrogens with one attached hydrogen (secondary N) is 2. The molecule has 32 heavy (non-hydrogen) atoms. The Morgan fingerprint density at radius 2 is 1.81 bits per heavy atom. The van der Waals surface area contributed by atoms with Gasteiger partial charge in [0.05, 0.1) is 11.8 Å². The predicted molar refractivity (Wildman–Crippen MR) is 134 cm³/mol. The smallest absolute Gasteiger partial charge is 0.233 e. The maximum atomic E-state index is 12.8. The van der Waals surface area contributed by atoms with E-state index in [1.54, 1.807) is 7.05 Å². The predicted octanol–water partition coefficient (Wildman–Crippen LogP) is 1.77. The van der Waals surface area contributed by atoms with Crippen LogP contribution in [0.25, 0.3) is 0 Å². The number of imide groups is 1. The molecule has 1 saturated carbocycles. The second-order valence-electron chi connectivity index (χ2n) is 8.90. The van der Waals surface area contributed by atoms with Crippen molar-refractivity contribution in [2.75, 3.05) is 38.1 Å². The van der Waals surface area contributed by atoms with E-state index in [-0.39, 0.29) is 59.5 Å². The first-order valence-electron chi connectivity index (χ1n) is 11.3. The molecule has 1 aromatic rings. The Morgan fingerprint density at radius 3 is 2.47 bits per heavy atom. The van der Waals surface area contributed by atoms with Crippen LogP contribution >= 0.6 is 24.0 Å². The monoisotopic (exact) mass is 550 g/mol. The number of fused-ring (bicyclic) bond motifs is 5. The third-order valence-electron chi connectivity index (χ3n) is 7.11. The molecule has 0 spiro atoms. The zero-order chi connectivity index (χ0) is 21.4.